The average Bonchev–Trinajstić information content (AvgIpc) is 1.98. The summed E-state index contributed by atoms with van der Waals surface area (Å²) in [5.41, 5.74) is 6.83. The van der Waals surface area contributed by atoms with Crippen LogP contribution in [0.2, 0.25) is 0 Å². The molecule has 0 aliphatic carbocycles. The Morgan fingerprint density at radius 3 is 2.50 bits per heavy atom. The van der Waals surface area contributed by atoms with Crippen LogP contribution in [0, 0.1) is 5.92 Å². The second-order valence-corrected chi connectivity index (χ2v) is 2.80. The molecule has 1 atom stereocenters. The maximum absolute atomic E-state index is 5.77. The highest BCUT2D eigenvalue weighted by Crippen LogP contribution is 2.09. The Morgan fingerprint density at radius 2 is 2.10 bits per heavy atom. The highest BCUT2D eigenvalue weighted by molar-refractivity contribution is 4.99. The molecule has 0 fully saturated rings. The molecule has 0 aromatic rings. The monoisotopic (exact) mass is 141 g/mol. The maximum Gasteiger partial charge on any atom is 0.00686 e. The normalized spacial score (nSPS) is 15.3. The van der Waals surface area contributed by atoms with Crippen molar-refractivity contribution < 1.29 is 0 Å². The Hall–Kier alpha value is -0.460. The second kappa shape index (κ2) is 5.33. The number of unbranched alkanes of at least 4 members (excludes halogenated alkanes) is 1. The Morgan fingerprint density at radius 1 is 1.50 bits per heavy atom. The molecule has 0 amide bonds. The lowest BCUT2D eigenvalue weighted by Crippen LogP contribution is -2.07. The van der Waals surface area contributed by atoms with E-state index in [-0.39, 0.29) is 0 Å². The highest BCUT2D eigenvalue weighted by Gasteiger charge is 1.99. The Bertz CT molecular complexity index is 105. The number of nitrogens with two attached hydrogens (primary N) is 1. The van der Waals surface area contributed by atoms with Gasteiger partial charge in [0.15, 0.2) is 0 Å². The molecule has 10 heavy (non-hydrogen) atoms. The summed E-state index contributed by atoms with van der Waals surface area (Å²) in [7, 11) is 0. The fraction of sp³-hybridized carbons (Fsp3) is 0.778. The van der Waals surface area contributed by atoms with Crippen LogP contribution >= 0.6 is 0 Å². The molecular formula is C9H19N. The van der Waals surface area contributed by atoms with Crippen LogP contribution < -0.4 is 5.73 Å². The lowest BCUT2D eigenvalue weighted by Gasteiger charge is -2.07. The first-order valence-corrected chi connectivity index (χ1v) is 4.17. The minimum absolute atomic E-state index is 0.562. The number of hydrogen-bond acceptors (Lipinski definition) is 1. The van der Waals surface area contributed by atoms with Crippen LogP contribution in [-0.4, -0.2) is 0 Å². The first kappa shape index (κ1) is 9.54. The van der Waals surface area contributed by atoms with Crippen molar-refractivity contribution in [3.8, 4) is 0 Å². The average molecular weight is 141 g/mol. The third-order valence-electron chi connectivity index (χ3n) is 1.85. The van der Waals surface area contributed by atoms with Crippen LogP contribution in [0.1, 0.15) is 40.0 Å². The molecule has 0 saturated carbocycles. The van der Waals surface area contributed by atoms with Crippen molar-refractivity contribution in [2.45, 2.75) is 40.0 Å². The van der Waals surface area contributed by atoms with E-state index >= 15 is 0 Å². The third-order valence-corrected chi connectivity index (χ3v) is 1.85. The lowest BCUT2D eigenvalue weighted by atomic mass is 10.0. The molecule has 0 bridgehead atoms. The molecule has 1 unspecified atom stereocenters. The fourth-order valence-corrected chi connectivity index (χ4v) is 0.748. The van der Waals surface area contributed by atoms with Crippen LogP contribution in [0.25, 0.3) is 0 Å². The molecule has 1 heteroatoms. The van der Waals surface area contributed by atoms with E-state index in [9.17, 15) is 0 Å². The van der Waals surface area contributed by atoms with Crippen molar-refractivity contribution in [3.05, 3.63) is 11.8 Å². The van der Waals surface area contributed by atoms with E-state index in [0.717, 1.165) is 18.5 Å². The fourth-order valence-electron chi connectivity index (χ4n) is 0.748. The molecule has 0 spiro atoms. The Balaban J connectivity index is 3.67. The van der Waals surface area contributed by atoms with E-state index in [2.05, 4.69) is 26.8 Å². The standard InChI is InChI=1S/C9H19N/c1-4-6-7-9(10)8(3)5-2/h7-8H,4-6,10H2,1-3H3/b9-7+. The third kappa shape index (κ3) is 3.54. The molecule has 0 aromatic heterocycles. The summed E-state index contributed by atoms with van der Waals surface area (Å²) in [4.78, 5) is 0. The van der Waals surface area contributed by atoms with Gasteiger partial charge >= 0.3 is 0 Å². The molecule has 0 aliphatic rings. The largest absolute Gasteiger partial charge is 0.402 e. The Kier molecular flexibility index (Phi) is 5.09. The van der Waals surface area contributed by atoms with Crippen molar-refractivity contribution >= 4 is 0 Å². The van der Waals surface area contributed by atoms with Gasteiger partial charge in [-0.1, -0.05) is 33.3 Å². The van der Waals surface area contributed by atoms with Gasteiger partial charge in [-0.3, -0.25) is 0 Å². The van der Waals surface area contributed by atoms with Gasteiger partial charge < -0.3 is 5.73 Å². The molecular weight excluding hydrogens is 122 g/mol. The number of rotatable bonds is 4. The summed E-state index contributed by atoms with van der Waals surface area (Å²) >= 11 is 0. The van der Waals surface area contributed by atoms with Crippen LogP contribution in [0.4, 0.5) is 0 Å². The summed E-state index contributed by atoms with van der Waals surface area (Å²) in [6, 6.07) is 0. The lowest BCUT2D eigenvalue weighted by molar-refractivity contribution is 0.642. The van der Waals surface area contributed by atoms with Crippen molar-refractivity contribution in [1.29, 1.82) is 0 Å². The minimum Gasteiger partial charge on any atom is -0.402 e. The zero-order valence-electron chi connectivity index (χ0n) is 7.35. The minimum atomic E-state index is 0.562. The van der Waals surface area contributed by atoms with E-state index in [4.69, 9.17) is 5.73 Å². The predicted octanol–water partition coefficient (Wildman–Crippen LogP) is 2.68. The molecule has 0 radical (unpaired) electrons. The SMILES string of the molecule is CCC/C=C(/N)C(C)CC. The topological polar surface area (TPSA) is 26.0 Å². The second-order valence-electron chi connectivity index (χ2n) is 2.80. The van der Waals surface area contributed by atoms with Crippen LogP contribution in [0.15, 0.2) is 11.8 Å². The van der Waals surface area contributed by atoms with Crippen LogP contribution in [-0.2, 0) is 0 Å². The summed E-state index contributed by atoms with van der Waals surface area (Å²) in [5.74, 6) is 0.562. The van der Waals surface area contributed by atoms with Gasteiger partial charge in [0.05, 0.1) is 0 Å². The molecule has 0 saturated heterocycles. The molecule has 0 heterocycles. The zero-order chi connectivity index (χ0) is 7.98. The van der Waals surface area contributed by atoms with Crippen molar-refractivity contribution in [2.24, 2.45) is 11.7 Å². The molecule has 2 N–H and O–H groups in total. The molecule has 0 aliphatic heterocycles. The molecule has 0 aromatic carbocycles. The van der Waals surface area contributed by atoms with Crippen molar-refractivity contribution in [1.82, 2.24) is 0 Å². The zero-order valence-corrected chi connectivity index (χ0v) is 7.35. The number of hydrogen-bond donors (Lipinski definition) is 1. The van der Waals surface area contributed by atoms with E-state index in [1.165, 1.54) is 6.42 Å². The van der Waals surface area contributed by atoms with Crippen molar-refractivity contribution in [2.75, 3.05) is 0 Å². The summed E-state index contributed by atoms with van der Waals surface area (Å²) in [6.07, 6.45) is 5.60. The van der Waals surface area contributed by atoms with E-state index < -0.39 is 0 Å². The van der Waals surface area contributed by atoms with Gasteiger partial charge in [-0.15, -0.1) is 0 Å². The van der Waals surface area contributed by atoms with Gasteiger partial charge in [0, 0.05) is 5.70 Å². The van der Waals surface area contributed by atoms with Crippen LogP contribution in [0.5, 0.6) is 0 Å². The first-order valence-electron chi connectivity index (χ1n) is 4.17. The highest BCUT2D eigenvalue weighted by atomic mass is 14.6. The van der Waals surface area contributed by atoms with E-state index in [1.807, 2.05) is 0 Å². The summed E-state index contributed by atoms with van der Waals surface area (Å²) < 4.78 is 0. The predicted molar refractivity (Wildman–Crippen MR) is 46.6 cm³/mol. The van der Waals surface area contributed by atoms with Gasteiger partial charge in [0.2, 0.25) is 0 Å². The Labute approximate surface area is 64.3 Å². The summed E-state index contributed by atoms with van der Waals surface area (Å²) in [6.45, 7) is 6.50. The smallest absolute Gasteiger partial charge is 0.00686 e. The van der Waals surface area contributed by atoms with Gasteiger partial charge in [0.1, 0.15) is 0 Å². The maximum atomic E-state index is 5.77. The van der Waals surface area contributed by atoms with Gasteiger partial charge in [-0.25, -0.2) is 0 Å². The number of allylic oxidation sites excluding steroid dienone is 2. The first-order chi connectivity index (χ1) is 4.72. The van der Waals surface area contributed by atoms with Gasteiger partial charge in [-0.05, 0) is 18.8 Å². The quantitative estimate of drug-likeness (QED) is 0.640. The molecule has 0 rings (SSSR count). The van der Waals surface area contributed by atoms with E-state index in [1.54, 1.807) is 0 Å². The van der Waals surface area contributed by atoms with Crippen molar-refractivity contribution in [3.63, 3.8) is 0 Å². The summed E-state index contributed by atoms with van der Waals surface area (Å²) in [5, 5.41) is 0. The van der Waals surface area contributed by atoms with Gasteiger partial charge in [-0.2, -0.15) is 0 Å². The molecule has 1 nitrogen and oxygen atoms in total. The van der Waals surface area contributed by atoms with Gasteiger partial charge in [0.25, 0.3) is 0 Å². The molecule has 60 valence electrons. The van der Waals surface area contributed by atoms with E-state index in [0.29, 0.717) is 5.92 Å². The van der Waals surface area contributed by atoms with Crippen LogP contribution in [0.3, 0.4) is 0 Å².